The lowest BCUT2D eigenvalue weighted by Crippen LogP contribution is -2.46. The minimum Gasteiger partial charge on any atom is -0.369 e. The summed E-state index contributed by atoms with van der Waals surface area (Å²) < 4.78 is 0. The first-order valence-electron chi connectivity index (χ1n) is 7.47. The number of hydrogen-bond donors (Lipinski definition) is 1. The summed E-state index contributed by atoms with van der Waals surface area (Å²) in [5.41, 5.74) is 4.94. The van der Waals surface area contributed by atoms with Gasteiger partial charge in [0.15, 0.2) is 0 Å². The summed E-state index contributed by atoms with van der Waals surface area (Å²) in [6, 6.07) is 6.83. The zero-order chi connectivity index (χ0) is 13.7. The molecule has 1 N–H and O–H groups in total. The van der Waals surface area contributed by atoms with Gasteiger partial charge in [0.1, 0.15) is 0 Å². The molecule has 0 amide bonds. The summed E-state index contributed by atoms with van der Waals surface area (Å²) in [7, 11) is 0. The van der Waals surface area contributed by atoms with Crippen molar-refractivity contribution in [3.63, 3.8) is 0 Å². The molecule has 2 aliphatic rings. The maximum absolute atomic E-state index is 3.77. The average Bonchev–Trinajstić information content (AvgIpc) is 3.11. The first kappa shape index (κ1) is 13.0. The summed E-state index contributed by atoms with van der Waals surface area (Å²) in [5, 5.41) is 3.77. The second kappa shape index (κ2) is 4.24. The lowest BCUT2D eigenvalue weighted by Gasteiger charge is -2.33. The lowest BCUT2D eigenvalue weighted by molar-refractivity contribution is 0.389. The van der Waals surface area contributed by atoms with E-state index in [2.05, 4.69) is 56.1 Å². The summed E-state index contributed by atoms with van der Waals surface area (Å²) in [4.78, 5) is 2.62. The molecule has 2 heteroatoms. The minimum atomic E-state index is 0.197. The molecule has 0 unspecified atom stereocenters. The van der Waals surface area contributed by atoms with Crippen LogP contribution in [0.3, 0.4) is 0 Å². The summed E-state index contributed by atoms with van der Waals surface area (Å²) in [6.07, 6.45) is 2.77. The van der Waals surface area contributed by atoms with Crippen LogP contribution in [0.5, 0.6) is 0 Å². The Hall–Kier alpha value is -1.02. The number of hydrogen-bond acceptors (Lipinski definition) is 2. The first-order valence-corrected chi connectivity index (χ1v) is 7.47. The first-order chi connectivity index (χ1) is 8.89. The van der Waals surface area contributed by atoms with Gasteiger partial charge in [-0.25, -0.2) is 0 Å². The average molecular weight is 258 g/mol. The molecule has 1 saturated carbocycles. The van der Waals surface area contributed by atoms with Crippen LogP contribution in [0.1, 0.15) is 37.8 Å². The van der Waals surface area contributed by atoms with Gasteiger partial charge in [0.05, 0.1) is 0 Å². The lowest BCUT2D eigenvalue weighted by atomic mass is 10.0. The second-order valence-electron chi connectivity index (χ2n) is 7.38. The Morgan fingerprint density at radius 3 is 2.53 bits per heavy atom. The number of nitrogens with one attached hydrogen (secondary N) is 1. The van der Waals surface area contributed by atoms with Crippen LogP contribution in [0.25, 0.3) is 0 Å². The van der Waals surface area contributed by atoms with Gasteiger partial charge in [0.25, 0.3) is 0 Å². The summed E-state index contributed by atoms with van der Waals surface area (Å²) >= 11 is 0. The van der Waals surface area contributed by atoms with Crippen molar-refractivity contribution >= 4 is 5.69 Å². The second-order valence-corrected chi connectivity index (χ2v) is 7.38. The van der Waals surface area contributed by atoms with Crippen LogP contribution in [0.4, 0.5) is 5.69 Å². The maximum atomic E-state index is 3.77. The molecule has 1 aromatic rings. The Bertz CT molecular complexity index is 478. The van der Waals surface area contributed by atoms with E-state index in [1.165, 1.54) is 42.7 Å². The third kappa shape index (κ3) is 2.64. The van der Waals surface area contributed by atoms with Crippen LogP contribution in [-0.4, -0.2) is 25.2 Å². The Balaban J connectivity index is 1.94. The van der Waals surface area contributed by atoms with Gasteiger partial charge in [-0.15, -0.1) is 0 Å². The number of aryl methyl sites for hydroxylation is 2. The predicted molar refractivity (Wildman–Crippen MR) is 81.9 cm³/mol. The molecule has 2 nitrogen and oxygen atoms in total. The largest absolute Gasteiger partial charge is 0.369 e. The normalized spacial score (nSPS) is 24.3. The van der Waals surface area contributed by atoms with Crippen LogP contribution >= 0.6 is 0 Å². The topological polar surface area (TPSA) is 15.3 Å². The van der Waals surface area contributed by atoms with Gasteiger partial charge < -0.3 is 10.2 Å². The molecule has 2 fully saturated rings. The highest BCUT2D eigenvalue weighted by Crippen LogP contribution is 2.48. The zero-order valence-corrected chi connectivity index (χ0v) is 12.7. The fourth-order valence-electron chi connectivity index (χ4n) is 3.22. The number of rotatable bonds is 1. The van der Waals surface area contributed by atoms with Gasteiger partial charge in [-0.3, -0.25) is 0 Å². The molecule has 0 aromatic heterocycles. The minimum absolute atomic E-state index is 0.197. The van der Waals surface area contributed by atoms with Crippen LogP contribution in [0.15, 0.2) is 18.2 Å². The van der Waals surface area contributed by atoms with Gasteiger partial charge in [-0.2, -0.15) is 0 Å². The van der Waals surface area contributed by atoms with E-state index >= 15 is 0 Å². The molecule has 3 rings (SSSR count). The molecule has 1 heterocycles. The standard InChI is InChI=1S/C17H26N2/c1-13-5-6-14(2)15(9-13)19-11-16(3,4)18-10-17(12-19)7-8-17/h5-6,9,18H,7-8,10-12H2,1-4H3. The van der Waals surface area contributed by atoms with Crippen molar-refractivity contribution in [2.45, 2.75) is 46.1 Å². The van der Waals surface area contributed by atoms with Gasteiger partial charge >= 0.3 is 0 Å². The van der Waals surface area contributed by atoms with E-state index in [1.54, 1.807) is 0 Å². The van der Waals surface area contributed by atoms with Gasteiger partial charge in [-0.1, -0.05) is 12.1 Å². The van der Waals surface area contributed by atoms with Gasteiger partial charge in [0.2, 0.25) is 0 Å². The Morgan fingerprint density at radius 1 is 1.11 bits per heavy atom. The molecule has 1 aliphatic heterocycles. The highest BCUT2D eigenvalue weighted by atomic mass is 15.2. The number of nitrogens with zero attached hydrogens (tertiary/aromatic N) is 1. The molecule has 19 heavy (non-hydrogen) atoms. The molecule has 0 bridgehead atoms. The highest BCUT2D eigenvalue weighted by molar-refractivity contribution is 5.56. The van der Waals surface area contributed by atoms with E-state index in [-0.39, 0.29) is 5.54 Å². The van der Waals surface area contributed by atoms with Crippen molar-refractivity contribution in [2.75, 3.05) is 24.5 Å². The molecular formula is C17H26N2. The van der Waals surface area contributed by atoms with E-state index in [0.717, 1.165) is 6.54 Å². The van der Waals surface area contributed by atoms with Crippen molar-refractivity contribution in [1.29, 1.82) is 0 Å². The monoisotopic (exact) mass is 258 g/mol. The Kier molecular flexibility index (Phi) is 2.90. The highest BCUT2D eigenvalue weighted by Gasteiger charge is 2.47. The Labute approximate surface area is 117 Å². The molecule has 0 radical (unpaired) electrons. The molecular weight excluding hydrogens is 232 g/mol. The van der Waals surface area contributed by atoms with Crippen molar-refractivity contribution < 1.29 is 0 Å². The SMILES string of the molecule is Cc1ccc(C)c(N2CC3(CC3)CNC(C)(C)C2)c1. The molecule has 1 saturated heterocycles. The number of anilines is 1. The van der Waals surface area contributed by atoms with Crippen molar-refractivity contribution in [3.8, 4) is 0 Å². The fourth-order valence-corrected chi connectivity index (χ4v) is 3.22. The molecule has 1 aliphatic carbocycles. The van der Waals surface area contributed by atoms with Crippen molar-refractivity contribution in [3.05, 3.63) is 29.3 Å². The van der Waals surface area contributed by atoms with Crippen LogP contribution < -0.4 is 10.2 Å². The molecule has 1 aromatic carbocycles. The van der Waals surface area contributed by atoms with E-state index in [9.17, 15) is 0 Å². The molecule has 0 atom stereocenters. The maximum Gasteiger partial charge on any atom is 0.0399 e. The van der Waals surface area contributed by atoms with Crippen molar-refractivity contribution in [1.82, 2.24) is 5.32 Å². The molecule has 104 valence electrons. The van der Waals surface area contributed by atoms with E-state index in [0.29, 0.717) is 5.41 Å². The zero-order valence-electron chi connectivity index (χ0n) is 12.7. The third-order valence-electron chi connectivity index (χ3n) is 4.72. The van der Waals surface area contributed by atoms with E-state index in [1.807, 2.05) is 0 Å². The summed E-state index contributed by atoms with van der Waals surface area (Å²) in [6.45, 7) is 12.6. The van der Waals surface area contributed by atoms with Crippen molar-refractivity contribution in [2.24, 2.45) is 5.41 Å². The summed E-state index contributed by atoms with van der Waals surface area (Å²) in [5.74, 6) is 0. The fraction of sp³-hybridized carbons (Fsp3) is 0.647. The number of benzene rings is 1. The predicted octanol–water partition coefficient (Wildman–Crippen LogP) is 3.27. The quantitative estimate of drug-likeness (QED) is 0.831. The van der Waals surface area contributed by atoms with Crippen LogP contribution in [-0.2, 0) is 0 Å². The van der Waals surface area contributed by atoms with Gasteiger partial charge in [0, 0.05) is 36.3 Å². The third-order valence-corrected chi connectivity index (χ3v) is 4.72. The van der Waals surface area contributed by atoms with E-state index in [4.69, 9.17) is 0 Å². The van der Waals surface area contributed by atoms with Crippen LogP contribution in [0.2, 0.25) is 0 Å². The Morgan fingerprint density at radius 2 is 1.84 bits per heavy atom. The van der Waals surface area contributed by atoms with Crippen LogP contribution in [0, 0.1) is 19.3 Å². The molecule has 1 spiro atoms. The smallest absolute Gasteiger partial charge is 0.0399 e. The van der Waals surface area contributed by atoms with Gasteiger partial charge in [-0.05, 0) is 57.7 Å². The van der Waals surface area contributed by atoms with E-state index < -0.39 is 0 Å².